The standard InChI is InChI=1S/C12H14BrFO3S/c13-9-5-3-4-8(11(9)14)12(15)10-6-1-2-7-18(10,16)17/h3-5,10,12,15H,1-2,6-7H2. The highest BCUT2D eigenvalue weighted by atomic mass is 79.9. The number of rotatable bonds is 2. The minimum Gasteiger partial charge on any atom is -0.387 e. The second kappa shape index (κ2) is 5.27. The summed E-state index contributed by atoms with van der Waals surface area (Å²) in [5.41, 5.74) is 0.0415. The van der Waals surface area contributed by atoms with Crippen LogP contribution in [0, 0.1) is 5.82 Å². The maximum absolute atomic E-state index is 13.9. The summed E-state index contributed by atoms with van der Waals surface area (Å²) in [7, 11) is -3.33. The molecular formula is C12H14BrFO3S. The molecule has 3 nitrogen and oxygen atoms in total. The van der Waals surface area contributed by atoms with E-state index in [1.54, 1.807) is 6.07 Å². The van der Waals surface area contributed by atoms with Gasteiger partial charge in [0, 0.05) is 5.56 Å². The Labute approximate surface area is 114 Å². The number of aliphatic hydroxyl groups is 1. The van der Waals surface area contributed by atoms with Gasteiger partial charge < -0.3 is 5.11 Å². The van der Waals surface area contributed by atoms with Gasteiger partial charge in [-0.15, -0.1) is 0 Å². The lowest BCUT2D eigenvalue weighted by atomic mass is 10.0. The first-order chi connectivity index (χ1) is 8.43. The molecule has 0 aromatic heterocycles. The molecule has 0 amide bonds. The summed E-state index contributed by atoms with van der Waals surface area (Å²) in [4.78, 5) is 0. The summed E-state index contributed by atoms with van der Waals surface area (Å²) in [5.74, 6) is -0.518. The molecule has 0 saturated carbocycles. The van der Waals surface area contributed by atoms with Gasteiger partial charge in [0.2, 0.25) is 0 Å². The molecule has 1 fully saturated rings. The van der Waals surface area contributed by atoms with Gasteiger partial charge in [0.15, 0.2) is 9.84 Å². The average Bonchev–Trinajstić information content (AvgIpc) is 2.31. The fraction of sp³-hybridized carbons (Fsp3) is 0.500. The zero-order chi connectivity index (χ0) is 13.3. The summed E-state index contributed by atoms with van der Waals surface area (Å²) >= 11 is 3.03. The van der Waals surface area contributed by atoms with Crippen LogP contribution in [-0.4, -0.2) is 24.5 Å². The molecule has 2 unspecified atom stereocenters. The van der Waals surface area contributed by atoms with Gasteiger partial charge in [-0.1, -0.05) is 18.6 Å². The Morgan fingerprint density at radius 3 is 2.78 bits per heavy atom. The Morgan fingerprint density at radius 2 is 2.11 bits per heavy atom. The fourth-order valence-corrected chi connectivity index (χ4v) is 4.64. The predicted molar refractivity (Wildman–Crippen MR) is 70.5 cm³/mol. The van der Waals surface area contributed by atoms with Crippen molar-refractivity contribution in [2.45, 2.75) is 30.6 Å². The fourth-order valence-electron chi connectivity index (χ4n) is 2.28. The van der Waals surface area contributed by atoms with Crippen molar-refractivity contribution in [3.63, 3.8) is 0 Å². The normalized spacial score (nSPS) is 24.7. The number of aliphatic hydroxyl groups excluding tert-OH is 1. The van der Waals surface area contributed by atoms with Crippen molar-refractivity contribution in [1.82, 2.24) is 0 Å². The second-order valence-electron chi connectivity index (χ2n) is 4.49. The van der Waals surface area contributed by atoms with Crippen LogP contribution in [0.1, 0.15) is 30.9 Å². The van der Waals surface area contributed by atoms with Crippen LogP contribution in [0.15, 0.2) is 22.7 Å². The number of hydrogen-bond acceptors (Lipinski definition) is 3. The maximum atomic E-state index is 13.9. The maximum Gasteiger partial charge on any atom is 0.156 e. The number of sulfone groups is 1. The van der Waals surface area contributed by atoms with E-state index >= 15 is 0 Å². The van der Waals surface area contributed by atoms with Crippen LogP contribution in [0.2, 0.25) is 0 Å². The summed E-state index contributed by atoms with van der Waals surface area (Å²) < 4.78 is 37.9. The Kier molecular flexibility index (Phi) is 4.08. The SMILES string of the molecule is O=S1(=O)CCCCC1C(O)c1cccc(Br)c1F. The van der Waals surface area contributed by atoms with Gasteiger partial charge in [-0.3, -0.25) is 0 Å². The van der Waals surface area contributed by atoms with E-state index < -0.39 is 27.0 Å². The minimum atomic E-state index is -3.33. The molecule has 18 heavy (non-hydrogen) atoms. The van der Waals surface area contributed by atoms with Gasteiger partial charge in [-0.25, -0.2) is 12.8 Å². The van der Waals surface area contributed by atoms with Crippen molar-refractivity contribution < 1.29 is 17.9 Å². The van der Waals surface area contributed by atoms with E-state index in [-0.39, 0.29) is 15.8 Å². The third-order valence-electron chi connectivity index (χ3n) is 3.28. The van der Waals surface area contributed by atoms with Crippen LogP contribution >= 0.6 is 15.9 Å². The van der Waals surface area contributed by atoms with E-state index in [0.717, 1.165) is 6.42 Å². The van der Waals surface area contributed by atoms with Gasteiger partial charge >= 0.3 is 0 Å². The quantitative estimate of drug-likeness (QED) is 0.903. The third-order valence-corrected chi connectivity index (χ3v) is 6.17. The Hall–Kier alpha value is -0.460. The van der Waals surface area contributed by atoms with E-state index in [1.807, 2.05) is 0 Å². The molecular weight excluding hydrogens is 323 g/mol. The third kappa shape index (κ3) is 2.60. The largest absolute Gasteiger partial charge is 0.387 e. The van der Waals surface area contributed by atoms with Crippen LogP contribution in [0.5, 0.6) is 0 Å². The molecule has 1 aromatic rings. The number of benzene rings is 1. The van der Waals surface area contributed by atoms with E-state index in [2.05, 4.69) is 15.9 Å². The highest BCUT2D eigenvalue weighted by Crippen LogP contribution is 2.33. The molecule has 1 aliphatic rings. The van der Waals surface area contributed by atoms with Crippen molar-refractivity contribution >= 4 is 25.8 Å². The molecule has 2 rings (SSSR count). The van der Waals surface area contributed by atoms with Gasteiger partial charge in [0.05, 0.1) is 21.6 Å². The molecule has 0 bridgehead atoms. The van der Waals surface area contributed by atoms with E-state index in [0.29, 0.717) is 12.8 Å². The van der Waals surface area contributed by atoms with Crippen molar-refractivity contribution in [3.8, 4) is 0 Å². The highest BCUT2D eigenvalue weighted by molar-refractivity contribution is 9.10. The van der Waals surface area contributed by atoms with Crippen molar-refractivity contribution in [3.05, 3.63) is 34.1 Å². The van der Waals surface area contributed by atoms with Gasteiger partial charge in [0.1, 0.15) is 5.82 Å². The average molecular weight is 337 g/mol. The molecule has 100 valence electrons. The summed E-state index contributed by atoms with van der Waals surface area (Å²) in [6.07, 6.45) is 0.450. The lowest BCUT2D eigenvalue weighted by molar-refractivity contribution is 0.160. The molecule has 1 heterocycles. The van der Waals surface area contributed by atoms with Crippen LogP contribution in [0.25, 0.3) is 0 Å². The van der Waals surface area contributed by atoms with Crippen LogP contribution < -0.4 is 0 Å². The molecule has 0 spiro atoms. The van der Waals surface area contributed by atoms with Crippen LogP contribution in [0.3, 0.4) is 0 Å². The van der Waals surface area contributed by atoms with Crippen molar-refractivity contribution in [1.29, 1.82) is 0 Å². The van der Waals surface area contributed by atoms with Gasteiger partial charge in [-0.05, 0) is 34.8 Å². The van der Waals surface area contributed by atoms with Gasteiger partial charge in [0.25, 0.3) is 0 Å². The first-order valence-electron chi connectivity index (χ1n) is 5.77. The van der Waals surface area contributed by atoms with Crippen LogP contribution in [-0.2, 0) is 9.84 Å². The summed E-state index contributed by atoms with van der Waals surface area (Å²) in [6.45, 7) is 0. The topological polar surface area (TPSA) is 54.4 Å². The van der Waals surface area contributed by atoms with Crippen molar-refractivity contribution in [2.75, 3.05) is 5.75 Å². The summed E-state index contributed by atoms with van der Waals surface area (Å²) in [5, 5.41) is 9.25. The number of halogens is 2. The first kappa shape index (κ1) is 14.0. The number of hydrogen-bond donors (Lipinski definition) is 1. The van der Waals surface area contributed by atoms with E-state index in [4.69, 9.17) is 0 Å². The monoisotopic (exact) mass is 336 g/mol. The molecule has 1 N–H and O–H groups in total. The highest BCUT2D eigenvalue weighted by Gasteiger charge is 2.36. The molecule has 1 aliphatic heterocycles. The predicted octanol–water partition coefficient (Wildman–Crippen LogP) is 2.59. The Morgan fingerprint density at radius 1 is 1.39 bits per heavy atom. The smallest absolute Gasteiger partial charge is 0.156 e. The second-order valence-corrected chi connectivity index (χ2v) is 7.68. The molecule has 2 atom stereocenters. The lowest BCUT2D eigenvalue weighted by Crippen LogP contribution is -2.34. The minimum absolute atomic E-state index is 0.0415. The summed E-state index contributed by atoms with van der Waals surface area (Å²) in [6, 6.07) is 4.52. The lowest BCUT2D eigenvalue weighted by Gasteiger charge is -2.27. The Balaban J connectivity index is 2.36. The molecule has 6 heteroatoms. The van der Waals surface area contributed by atoms with Crippen molar-refractivity contribution in [2.24, 2.45) is 0 Å². The molecule has 1 aromatic carbocycles. The zero-order valence-electron chi connectivity index (χ0n) is 9.64. The van der Waals surface area contributed by atoms with E-state index in [9.17, 15) is 17.9 Å². The first-order valence-corrected chi connectivity index (χ1v) is 8.28. The Bertz CT molecular complexity index is 544. The molecule has 1 saturated heterocycles. The van der Waals surface area contributed by atoms with E-state index in [1.165, 1.54) is 12.1 Å². The van der Waals surface area contributed by atoms with Gasteiger partial charge in [-0.2, -0.15) is 0 Å². The zero-order valence-corrected chi connectivity index (χ0v) is 12.0. The van der Waals surface area contributed by atoms with Crippen LogP contribution in [0.4, 0.5) is 4.39 Å². The molecule has 0 aliphatic carbocycles. The molecule has 0 radical (unpaired) electrons.